The van der Waals surface area contributed by atoms with Crippen LogP contribution in [0.5, 0.6) is 0 Å². The fourth-order valence-corrected chi connectivity index (χ4v) is 4.24. The van der Waals surface area contributed by atoms with Crippen molar-refractivity contribution in [2.24, 2.45) is 5.92 Å². The summed E-state index contributed by atoms with van der Waals surface area (Å²) < 4.78 is 0. The van der Waals surface area contributed by atoms with E-state index in [4.69, 9.17) is 0 Å². The first-order valence-corrected chi connectivity index (χ1v) is 9.05. The molecule has 1 atom stereocenters. The SMILES string of the molecule is Cl.Cl.O=C(CCC1CCNCC1)N1CCCC(N2CCCC2)C1. The van der Waals surface area contributed by atoms with E-state index < -0.39 is 0 Å². The maximum atomic E-state index is 12.5. The van der Waals surface area contributed by atoms with E-state index in [1.54, 1.807) is 0 Å². The largest absolute Gasteiger partial charge is 0.341 e. The summed E-state index contributed by atoms with van der Waals surface area (Å²) in [6.07, 6.45) is 9.56. The van der Waals surface area contributed by atoms with Gasteiger partial charge in [0, 0.05) is 25.6 Å². The number of likely N-dealkylation sites (tertiary alicyclic amines) is 2. The number of hydrogen-bond donors (Lipinski definition) is 1. The fourth-order valence-electron chi connectivity index (χ4n) is 4.24. The molecular weight excluding hydrogens is 333 g/mol. The van der Waals surface area contributed by atoms with E-state index in [-0.39, 0.29) is 24.8 Å². The van der Waals surface area contributed by atoms with Crippen LogP contribution >= 0.6 is 24.8 Å². The van der Waals surface area contributed by atoms with E-state index in [9.17, 15) is 4.79 Å². The number of halogens is 2. The number of hydrogen-bond acceptors (Lipinski definition) is 3. The zero-order chi connectivity index (χ0) is 14.5. The average Bonchev–Trinajstić information content (AvgIpc) is 3.08. The molecule has 0 spiro atoms. The summed E-state index contributed by atoms with van der Waals surface area (Å²) in [6.45, 7) is 6.77. The Morgan fingerprint density at radius 2 is 1.65 bits per heavy atom. The van der Waals surface area contributed by atoms with Crippen LogP contribution < -0.4 is 5.32 Å². The van der Waals surface area contributed by atoms with Crippen LogP contribution in [0.2, 0.25) is 0 Å². The molecule has 3 saturated heterocycles. The number of rotatable bonds is 4. The maximum absolute atomic E-state index is 12.5. The van der Waals surface area contributed by atoms with Gasteiger partial charge >= 0.3 is 0 Å². The van der Waals surface area contributed by atoms with E-state index in [2.05, 4.69) is 15.1 Å². The Hall–Kier alpha value is -0.0300. The molecule has 3 aliphatic rings. The summed E-state index contributed by atoms with van der Waals surface area (Å²) in [5.41, 5.74) is 0. The lowest BCUT2D eigenvalue weighted by atomic mass is 9.92. The third-order valence-electron chi connectivity index (χ3n) is 5.63. The molecule has 136 valence electrons. The summed E-state index contributed by atoms with van der Waals surface area (Å²) >= 11 is 0. The summed E-state index contributed by atoms with van der Waals surface area (Å²) in [6, 6.07) is 0.643. The van der Waals surface area contributed by atoms with Gasteiger partial charge in [0.2, 0.25) is 5.91 Å². The van der Waals surface area contributed by atoms with Crippen molar-refractivity contribution in [2.45, 2.75) is 57.4 Å². The Labute approximate surface area is 153 Å². The quantitative estimate of drug-likeness (QED) is 0.831. The van der Waals surface area contributed by atoms with E-state index in [1.165, 1.54) is 51.6 Å². The minimum Gasteiger partial charge on any atom is -0.341 e. The van der Waals surface area contributed by atoms with Crippen molar-refractivity contribution in [1.82, 2.24) is 15.1 Å². The monoisotopic (exact) mass is 365 g/mol. The maximum Gasteiger partial charge on any atom is 0.222 e. The Morgan fingerprint density at radius 1 is 0.957 bits per heavy atom. The highest BCUT2D eigenvalue weighted by atomic mass is 35.5. The molecule has 6 heteroatoms. The Kier molecular flexibility index (Phi) is 9.83. The van der Waals surface area contributed by atoms with Crippen molar-refractivity contribution in [3.8, 4) is 0 Å². The lowest BCUT2D eigenvalue weighted by Gasteiger charge is -2.38. The number of nitrogens with zero attached hydrogens (tertiary/aromatic N) is 2. The molecule has 0 aliphatic carbocycles. The molecule has 4 nitrogen and oxygen atoms in total. The van der Waals surface area contributed by atoms with Crippen molar-refractivity contribution in [3.05, 3.63) is 0 Å². The van der Waals surface area contributed by atoms with Crippen molar-refractivity contribution in [3.63, 3.8) is 0 Å². The van der Waals surface area contributed by atoms with Crippen LogP contribution in [-0.4, -0.2) is 61.0 Å². The van der Waals surface area contributed by atoms with Gasteiger partial charge in [0.15, 0.2) is 0 Å². The molecule has 0 radical (unpaired) electrons. The number of piperidine rings is 2. The van der Waals surface area contributed by atoms with Gasteiger partial charge in [0.05, 0.1) is 0 Å². The third kappa shape index (κ3) is 6.08. The molecular formula is C17H33Cl2N3O. The van der Waals surface area contributed by atoms with Crippen molar-refractivity contribution in [2.75, 3.05) is 39.3 Å². The second kappa shape index (κ2) is 10.8. The number of carbonyl (C=O) groups excluding carboxylic acids is 1. The predicted octanol–water partition coefficient (Wildman–Crippen LogP) is 2.70. The standard InChI is InChI=1S/C17H31N3O.2ClH/c21-17(6-5-15-7-9-18-10-8-15)20-13-3-4-16(14-20)19-11-1-2-12-19;;/h15-16,18H,1-14H2;2*1H. The second-order valence-electron chi connectivity index (χ2n) is 7.11. The second-order valence-corrected chi connectivity index (χ2v) is 7.11. The first-order chi connectivity index (χ1) is 10.3. The van der Waals surface area contributed by atoms with E-state index in [0.29, 0.717) is 11.9 Å². The van der Waals surface area contributed by atoms with Crippen LogP contribution in [0.25, 0.3) is 0 Å². The normalized spacial score (nSPS) is 26.4. The van der Waals surface area contributed by atoms with E-state index >= 15 is 0 Å². The zero-order valence-electron chi connectivity index (χ0n) is 14.2. The van der Waals surface area contributed by atoms with Crippen LogP contribution in [0.1, 0.15) is 51.4 Å². The smallest absolute Gasteiger partial charge is 0.222 e. The summed E-state index contributed by atoms with van der Waals surface area (Å²) in [4.78, 5) is 17.3. The van der Waals surface area contributed by atoms with Gasteiger partial charge in [-0.15, -0.1) is 24.8 Å². The Morgan fingerprint density at radius 3 is 2.35 bits per heavy atom. The molecule has 0 saturated carbocycles. The van der Waals surface area contributed by atoms with Gasteiger partial charge in [-0.05, 0) is 77.0 Å². The van der Waals surface area contributed by atoms with Crippen molar-refractivity contribution in [1.29, 1.82) is 0 Å². The van der Waals surface area contributed by atoms with Gasteiger partial charge in [0.25, 0.3) is 0 Å². The molecule has 0 bridgehead atoms. The molecule has 23 heavy (non-hydrogen) atoms. The Balaban J connectivity index is 0.00000132. The van der Waals surface area contributed by atoms with E-state index in [0.717, 1.165) is 44.9 Å². The summed E-state index contributed by atoms with van der Waals surface area (Å²) in [5, 5.41) is 3.40. The molecule has 1 N–H and O–H groups in total. The predicted molar refractivity (Wildman–Crippen MR) is 99.7 cm³/mol. The molecule has 3 heterocycles. The number of carbonyl (C=O) groups is 1. The molecule has 3 rings (SSSR count). The lowest BCUT2D eigenvalue weighted by molar-refractivity contribution is -0.133. The van der Waals surface area contributed by atoms with Crippen molar-refractivity contribution < 1.29 is 4.79 Å². The molecule has 0 aromatic carbocycles. The van der Waals surface area contributed by atoms with Gasteiger partial charge in [0.1, 0.15) is 0 Å². The zero-order valence-corrected chi connectivity index (χ0v) is 15.8. The minimum absolute atomic E-state index is 0. The summed E-state index contributed by atoms with van der Waals surface area (Å²) in [5.74, 6) is 1.19. The molecule has 1 amide bonds. The molecule has 3 fully saturated rings. The highest BCUT2D eigenvalue weighted by Gasteiger charge is 2.29. The fraction of sp³-hybridized carbons (Fsp3) is 0.941. The highest BCUT2D eigenvalue weighted by molar-refractivity contribution is 5.85. The average molecular weight is 366 g/mol. The van der Waals surface area contributed by atoms with E-state index in [1.807, 2.05) is 0 Å². The van der Waals surface area contributed by atoms with Crippen LogP contribution in [-0.2, 0) is 4.79 Å². The first kappa shape index (κ1) is 21.0. The van der Waals surface area contributed by atoms with Crippen molar-refractivity contribution >= 4 is 30.7 Å². The molecule has 0 aromatic rings. The number of amides is 1. The van der Waals surface area contributed by atoms with Crippen LogP contribution in [0.4, 0.5) is 0 Å². The van der Waals surface area contributed by atoms with Crippen LogP contribution in [0.3, 0.4) is 0 Å². The minimum atomic E-state index is 0. The van der Waals surface area contributed by atoms with Crippen LogP contribution in [0.15, 0.2) is 0 Å². The summed E-state index contributed by atoms with van der Waals surface area (Å²) in [7, 11) is 0. The highest BCUT2D eigenvalue weighted by Crippen LogP contribution is 2.23. The van der Waals surface area contributed by atoms with Gasteiger partial charge in [-0.3, -0.25) is 9.69 Å². The van der Waals surface area contributed by atoms with Gasteiger partial charge < -0.3 is 10.2 Å². The Bertz CT molecular complexity index is 345. The number of nitrogens with one attached hydrogen (secondary N) is 1. The van der Waals surface area contributed by atoms with Gasteiger partial charge in [-0.25, -0.2) is 0 Å². The van der Waals surface area contributed by atoms with Gasteiger partial charge in [-0.2, -0.15) is 0 Å². The first-order valence-electron chi connectivity index (χ1n) is 9.05. The van der Waals surface area contributed by atoms with Crippen LogP contribution in [0, 0.1) is 5.92 Å². The third-order valence-corrected chi connectivity index (χ3v) is 5.63. The van der Waals surface area contributed by atoms with Gasteiger partial charge in [-0.1, -0.05) is 0 Å². The molecule has 0 aromatic heterocycles. The molecule has 3 aliphatic heterocycles. The topological polar surface area (TPSA) is 35.6 Å². The molecule has 1 unspecified atom stereocenters. The lowest BCUT2D eigenvalue weighted by Crippen LogP contribution is -2.49.